The maximum Gasteiger partial charge on any atom is 0.0934 e. The summed E-state index contributed by atoms with van der Waals surface area (Å²) in [5, 5.41) is 9.51. The van der Waals surface area contributed by atoms with E-state index in [2.05, 4.69) is 26.5 Å². The molecule has 1 heteroatoms. The van der Waals surface area contributed by atoms with Gasteiger partial charge in [-0.15, -0.1) is 6.58 Å². The van der Waals surface area contributed by atoms with Gasteiger partial charge in [0.15, 0.2) is 0 Å². The molecule has 1 aliphatic carbocycles. The van der Waals surface area contributed by atoms with Crippen LogP contribution in [0, 0.1) is 5.41 Å². The zero-order valence-corrected chi connectivity index (χ0v) is 7.30. The first-order valence-corrected chi connectivity index (χ1v) is 4.09. The van der Waals surface area contributed by atoms with Crippen molar-refractivity contribution in [3.8, 4) is 0 Å². The minimum atomic E-state index is -0.438. The Hall–Kier alpha value is -0.560. The van der Waals surface area contributed by atoms with Crippen molar-refractivity contribution in [1.82, 2.24) is 0 Å². The van der Waals surface area contributed by atoms with E-state index in [1.807, 2.05) is 0 Å². The standard InChI is InChI=1S/C10H16O/c1-4-9(11)8-6-5-7-10(8,2)3/h4,6,9,11H,1,5,7H2,2-3H3. The second-order valence-electron chi connectivity index (χ2n) is 3.76. The Morgan fingerprint density at radius 2 is 2.36 bits per heavy atom. The second kappa shape index (κ2) is 2.82. The van der Waals surface area contributed by atoms with Crippen molar-refractivity contribution in [1.29, 1.82) is 0 Å². The summed E-state index contributed by atoms with van der Waals surface area (Å²) in [5.74, 6) is 0. The minimum absolute atomic E-state index is 0.174. The fraction of sp³-hybridized carbons (Fsp3) is 0.600. The fourth-order valence-electron chi connectivity index (χ4n) is 1.66. The van der Waals surface area contributed by atoms with Gasteiger partial charge < -0.3 is 5.11 Å². The van der Waals surface area contributed by atoms with E-state index in [1.54, 1.807) is 6.08 Å². The Labute approximate surface area is 68.4 Å². The fourth-order valence-corrected chi connectivity index (χ4v) is 1.66. The van der Waals surface area contributed by atoms with Crippen LogP contribution in [0.1, 0.15) is 26.7 Å². The number of hydrogen-bond donors (Lipinski definition) is 1. The smallest absolute Gasteiger partial charge is 0.0934 e. The van der Waals surface area contributed by atoms with Crippen molar-refractivity contribution in [2.24, 2.45) is 5.41 Å². The van der Waals surface area contributed by atoms with E-state index < -0.39 is 6.10 Å². The summed E-state index contributed by atoms with van der Waals surface area (Å²) in [6.07, 6.45) is 5.53. The van der Waals surface area contributed by atoms with E-state index in [9.17, 15) is 5.11 Å². The van der Waals surface area contributed by atoms with Crippen LogP contribution in [-0.4, -0.2) is 11.2 Å². The summed E-state index contributed by atoms with van der Waals surface area (Å²) in [4.78, 5) is 0. The van der Waals surface area contributed by atoms with Gasteiger partial charge in [-0.2, -0.15) is 0 Å². The molecule has 0 heterocycles. The number of aliphatic hydroxyl groups excluding tert-OH is 1. The summed E-state index contributed by atoms with van der Waals surface area (Å²) >= 11 is 0. The van der Waals surface area contributed by atoms with Crippen LogP contribution in [0.15, 0.2) is 24.3 Å². The zero-order valence-electron chi connectivity index (χ0n) is 7.30. The van der Waals surface area contributed by atoms with Gasteiger partial charge >= 0.3 is 0 Å². The average molecular weight is 152 g/mol. The highest BCUT2D eigenvalue weighted by molar-refractivity contribution is 5.25. The van der Waals surface area contributed by atoms with Gasteiger partial charge in [0.1, 0.15) is 0 Å². The lowest BCUT2D eigenvalue weighted by Crippen LogP contribution is -2.19. The van der Waals surface area contributed by atoms with E-state index >= 15 is 0 Å². The quantitative estimate of drug-likeness (QED) is 0.602. The summed E-state index contributed by atoms with van der Waals surface area (Å²) in [7, 11) is 0. The van der Waals surface area contributed by atoms with Crippen molar-refractivity contribution in [3.05, 3.63) is 24.3 Å². The van der Waals surface area contributed by atoms with Gasteiger partial charge in [0.05, 0.1) is 6.10 Å². The largest absolute Gasteiger partial charge is 0.385 e. The van der Waals surface area contributed by atoms with Crippen molar-refractivity contribution < 1.29 is 5.11 Å². The minimum Gasteiger partial charge on any atom is -0.385 e. The number of hydrogen-bond acceptors (Lipinski definition) is 1. The molecule has 0 spiro atoms. The van der Waals surface area contributed by atoms with Gasteiger partial charge in [0.25, 0.3) is 0 Å². The van der Waals surface area contributed by atoms with Crippen LogP contribution in [-0.2, 0) is 0 Å². The predicted octanol–water partition coefficient (Wildman–Crippen LogP) is 2.28. The molecule has 1 N–H and O–H groups in total. The van der Waals surface area contributed by atoms with Crippen LogP contribution in [0.4, 0.5) is 0 Å². The number of allylic oxidation sites excluding steroid dienone is 1. The Kier molecular flexibility index (Phi) is 2.19. The lowest BCUT2D eigenvalue weighted by atomic mass is 9.83. The molecule has 0 fully saturated rings. The van der Waals surface area contributed by atoms with Crippen molar-refractivity contribution in [2.75, 3.05) is 0 Å². The highest BCUT2D eigenvalue weighted by atomic mass is 16.3. The molecule has 1 rings (SSSR count). The SMILES string of the molecule is C=CC(O)C1=CCCC1(C)C. The molecule has 1 unspecified atom stereocenters. The van der Waals surface area contributed by atoms with Crippen molar-refractivity contribution in [2.45, 2.75) is 32.8 Å². The Morgan fingerprint density at radius 3 is 2.73 bits per heavy atom. The molecule has 0 saturated heterocycles. The molecular weight excluding hydrogens is 136 g/mol. The third-order valence-corrected chi connectivity index (χ3v) is 2.46. The summed E-state index contributed by atoms with van der Waals surface area (Å²) in [5.41, 5.74) is 1.31. The van der Waals surface area contributed by atoms with Crippen molar-refractivity contribution >= 4 is 0 Å². The molecule has 0 aromatic rings. The molecule has 0 saturated carbocycles. The third kappa shape index (κ3) is 1.54. The van der Waals surface area contributed by atoms with E-state index in [0.29, 0.717) is 0 Å². The molecule has 0 bridgehead atoms. The highest BCUT2D eigenvalue weighted by Crippen LogP contribution is 2.39. The Balaban J connectivity index is 2.78. The molecular formula is C10H16O. The van der Waals surface area contributed by atoms with Gasteiger partial charge in [-0.1, -0.05) is 26.0 Å². The van der Waals surface area contributed by atoms with Gasteiger partial charge in [-0.25, -0.2) is 0 Å². The summed E-state index contributed by atoms with van der Waals surface area (Å²) < 4.78 is 0. The Bertz CT molecular complexity index is 189. The van der Waals surface area contributed by atoms with Crippen LogP contribution in [0.25, 0.3) is 0 Å². The van der Waals surface area contributed by atoms with Gasteiger partial charge in [0, 0.05) is 0 Å². The van der Waals surface area contributed by atoms with E-state index in [-0.39, 0.29) is 5.41 Å². The molecule has 0 radical (unpaired) electrons. The predicted molar refractivity (Wildman–Crippen MR) is 47.3 cm³/mol. The van der Waals surface area contributed by atoms with Crippen LogP contribution in [0.5, 0.6) is 0 Å². The first-order chi connectivity index (χ1) is 5.08. The highest BCUT2D eigenvalue weighted by Gasteiger charge is 2.30. The zero-order chi connectivity index (χ0) is 8.48. The van der Waals surface area contributed by atoms with Crippen LogP contribution >= 0.6 is 0 Å². The maximum absolute atomic E-state index is 9.51. The average Bonchev–Trinajstić information content (AvgIpc) is 2.28. The molecule has 62 valence electrons. The topological polar surface area (TPSA) is 20.2 Å². The summed E-state index contributed by atoms with van der Waals surface area (Å²) in [6, 6.07) is 0. The van der Waals surface area contributed by atoms with Crippen molar-refractivity contribution in [3.63, 3.8) is 0 Å². The lowest BCUT2D eigenvalue weighted by Gasteiger charge is -2.24. The molecule has 1 aliphatic rings. The van der Waals surface area contributed by atoms with Gasteiger partial charge in [0.2, 0.25) is 0 Å². The first-order valence-electron chi connectivity index (χ1n) is 4.09. The van der Waals surface area contributed by atoms with Crippen LogP contribution in [0.3, 0.4) is 0 Å². The van der Waals surface area contributed by atoms with Gasteiger partial charge in [-0.3, -0.25) is 0 Å². The first kappa shape index (κ1) is 8.54. The lowest BCUT2D eigenvalue weighted by molar-refractivity contribution is 0.227. The van der Waals surface area contributed by atoms with E-state index in [1.165, 1.54) is 0 Å². The van der Waals surface area contributed by atoms with Gasteiger partial charge in [-0.05, 0) is 23.8 Å². The van der Waals surface area contributed by atoms with E-state index in [4.69, 9.17) is 0 Å². The second-order valence-corrected chi connectivity index (χ2v) is 3.76. The molecule has 1 nitrogen and oxygen atoms in total. The normalized spacial score (nSPS) is 24.5. The molecule has 1 atom stereocenters. The van der Waals surface area contributed by atoms with Crippen LogP contribution in [0.2, 0.25) is 0 Å². The molecule has 0 aromatic heterocycles. The maximum atomic E-state index is 9.51. The third-order valence-electron chi connectivity index (χ3n) is 2.46. The van der Waals surface area contributed by atoms with E-state index in [0.717, 1.165) is 18.4 Å². The monoisotopic (exact) mass is 152 g/mol. The van der Waals surface area contributed by atoms with Crippen LogP contribution < -0.4 is 0 Å². The molecule has 0 aliphatic heterocycles. The molecule has 0 aromatic carbocycles. The number of aliphatic hydroxyl groups is 1. The Morgan fingerprint density at radius 1 is 1.73 bits per heavy atom. The summed E-state index contributed by atoms with van der Waals surface area (Å²) in [6.45, 7) is 7.91. The number of rotatable bonds is 2. The molecule has 11 heavy (non-hydrogen) atoms. The molecule has 0 amide bonds.